The van der Waals surface area contributed by atoms with Crippen molar-refractivity contribution < 1.29 is 24.0 Å². The summed E-state index contributed by atoms with van der Waals surface area (Å²) in [6.45, 7) is 1.56. The molecule has 0 fully saturated rings. The van der Waals surface area contributed by atoms with Crippen LogP contribution in [0.1, 0.15) is 13.3 Å². The molecule has 9 heteroatoms. The largest absolute Gasteiger partial charge is 0.480 e. The summed E-state index contributed by atoms with van der Waals surface area (Å²) in [5.41, 5.74) is -0.667. The van der Waals surface area contributed by atoms with Gasteiger partial charge in [-0.1, -0.05) is 6.92 Å². The minimum atomic E-state index is -1.21. The minimum Gasteiger partial charge on any atom is -0.480 e. The van der Waals surface area contributed by atoms with Crippen molar-refractivity contribution in [1.29, 1.82) is 0 Å². The number of hydrogen-bond donors (Lipinski definition) is 3. The number of nitrogens with one attached hydrogen (secondary N) is 2. The molecule has 0 aliphatic carbocycles. The van der Waals surface area contributed by atoms with Crippen molar-refractivity contribution in [3.8, 4) is 0 Å². The molecule has 0 radical (unpaired) electrons. The van der Waals surface area contributed by atoms with Gasteiger partial charge in [0.2, 0.25) is 0 Å². The Hall–Kier alpha value is -2.71. The fraction of sp³-hybridized carbons (Fsp3) is 0.273. The number of hydrogen-bond acceptors (Lipinski definition) is 4. The second kappa shape index (κ2) is 6.45. The molecule has 0 heterocycles. The van der Waals surface area contributed by atoms with Crippen LogP contribution in [0, 0.1) is 15.9 Å². The first-order chi connectivity index (χ1) is 9.33. The van der Waals surface area contributed by atoms with Crippen LogP contribution in [-0.4, -0.2) is 28.1 Å². The van der Waals surface area contributed by atoms with E-state index in [0.717, 1.165) is 12.1 Å². The van der Waals surface area contributed by atoms with Crippen LogP contribution in [0.15, 0.2) is 18.2 Å². The molecule has 0 aromatic heterocycles. The van der Waals surface area contributed by atoms with Gasteiger partial charge in [-0.05, 0) is 12.5 Å². The van der Waals surface area contributed by atoms with Crippen LogP contribution >= 0.6 is 0 Å². The molecule has 2 amide bonds. The van der Waals surface area contributed by atoms with Crippen LogP contribution in [0.4, 0.5) is 20.6 Å². The highest BCUT2D eigenvalue weighted by molar-refractivity contribution is 5.92. The van der Waals surface area contributed by atoms with Gasteiger partial charge < -0.3 is 15.7 Å². The molecule has 0 saturated heterocycles. The molecule has 0 spiro atoms. The van der Waals surface area contributed by atoms with E-state index in [1.54, 1.807) is 6.92 Å². The Balaban J connectivity index is 2.80. The lowest BCUT2D eigenvalue weighted by molar-refractivity contribution is -0.385. The summed E-state index contributed by atoms with van der Waals surface area (Å²) in [6, 6.07) is 0.561. The maximum Gasteiger partial charge on any atom is 0.326 e. The molecule has 20 heavy (non-hydrogen) atoms. The van der Waals surface area contributed by atoms with Gasteiger partial charge in [-0.3, -0.25) is 10.1 Å². The third kappa shape index (κ3) is 4.19. The third-order valence-electron chi connectivity index (χ3n) is 2.36. The molecular weight excluding hydrogens is 273 g/mol. The van der Waals surface area contributed by atoms with Crippen LogP contribution in [0.3, 0.4) is 0 Å². The molecule has 0 bridgehead atoms. The van der Waals surface area contributed by atoms with Crippen molar-refractivity contribution in [2.45, 2.75) is 19.4 Å². The van der Waals surface area contributed by atoms with E-state index in [-0.39, 0.29) is 12.1 Å². The number of nitrogens with zero attached hydrogens (tertiary/aromatic N) is 1. The SMILES string of the molecule is CC[C@@H](NC(=O)Nc1cc(F)cc([N+](=O)[O-])c1)C(=O)O. The van der Waals surface area contributed by atoms with Crippen LogP contribution in [0.5, 0.6) is 0 Å². The Morgan fingerprint density at radius 1 is 1.45 bits per heavy atom. The lowest BCUT2D eigenvalue weighted by atomic mass is 10.2. The second-order valence-electron chi connectivity index (χ2n) is 3.85. The Morgan fingerprint density at radius 3 is 2.60 bits per heavy atom. The van der Waals surface area contributed by atoms with Gasteiger partial charge in [0.15, 0.2) is 0 Å². The summed E-state index contributed by atoms with van der Waals surface area (Å²) in [7, 11) is 0. The van der Waals surface area contributed by atoms with E-state index in [2.05, 4.69) is 10.6 Å². The van der Waals surface area contributed by atoms with E-state index in [1.807, 2.05) is 0 Å². The van der Waals surface area contributed by atoms with Crippen LogP contribution in [0.25, 0.3) is 0 Å². The molecule has 3 N–H and O–H groups in total. The minimum absolute atomic E-state index is 0.144. The van der Waals surface area contributed by atoms with Crippen LogP contribution in [-0.2, 0) is 4.79 Å². The zero-order valence-electron chi connectivity index (χ0n) is 10.4. The van der Waals surface area contributed by atoms with Crippen LogP contribution < -0.4 is 10.6 Å². The zero-order valence-corrected chi connectivity index (χ0v) is 10.4. The third-order valence-corrected chi connectivity index (χ3v) is 2.36. The molecule has 1 aromatic carbocycles. The van der Waals surface area contributed by atoms with Gasteiger partial charge in [0, 0.05) is 6.07 Å². The molecule has 0 saturated carbocycles. The Morgan fingerprint density at radius 2 is 2.10 bits per heavy atom. The molecule has 1 aromatic rings. The van der Waals surface area contributed by atoms with Gasteiger partial charge in [-0.25, -0.2) is 14.0 Å². The van der Waals surface area contributed by atoms with Gasteiger partial charge in [0.1, 0.15) is 11.9 Å². The first-order valence-corrected chi connectivity index (χ1v) is 5.58. The highest BCUT2D eigenvalue weighted by Crippen LogP contribution is 2.19. The normalized spacial score (nSPS) is 11.5. The van der Waals surface area contributed by atoms with Gasteiger partial charge in [-0.15, -0.1) is 0 Å². The number of carboxylic acid groups (broad SMARTS) is 1. The number of urea groups is 1. The van der Waals surface area contributed by atoms with Crippen molar-refractivity contribution in [1.82, 2.24) is 5.32 Å². The molecule has 1 atom stereocenters. The number of carboxylic acids is 1. The standard InChI is InChI=1S/C11H12FN3O5/c1-2-9(10(16)17)14-11(18)13-7-3-6(12)4-8(5-7)15(19)20/h3-5,9H,2H2,1H3,(H,16,17)(H2,13,14,18)/t9-/m1/s1. The monoisotopic (exact) mass is 285 g/mol. The average Bonchev–Trinajstić information content (AvgIpc) is 2.34. The van der Waals surface area contributed by atoms with E-state index in [0.29, 0.717) is 6.07 Å². The number of nitro groups is 1. The number of aliphatic carboxylic acids is 1. The number of carbonyl (C=O) groups excluding carboxylic acids is 1. The Labute approximate surface area is 112 Å². The van der Waals surface area contributed by atoms with E-state index in [1.165, 1.54) is 0 Å². The summed E-state index contributed by atoms with van der Waals surface area (Å²) < 4.78 is 13.1. The molecule has 0 aliphatic rings. The maximum atomic E-state index is 13.1. The highest BCUT2D eigenvalue weighted by Gasteiger charge is 2.18. The van der Waals surface area contributed by atoms with E-state index < -0.39 is 34.5 Å². The second-order valence-corrected chi connectivity index (χ2v) is 3.85. The summed E-state index contributed by atoms with van der Waals surface area (Å²) in [5, 5.41) is 23.6. The fourth-order valence-corrected chi connectivity index (χ4v) is 1.42. The first-order valence-electron chi connectivity index (χ1n) is 5.58. The molecular formula is C11H12FN3O5. The highest BCUT2D eigenvalue weighted by atomic mass is 19.1. The molecule has 0 aliphatic heterocycles. The smallest absolute Gasteiger partial charge is 0.326 e. The van der Waals surface area contributed by atoms with Crippen molar-refractivity contribution in [3.63, 3.8) is 0 Å². The number of carbonyl (C=O) groups is 2. The van der Waals surface area contributed by atoms with Crippen molar-refractivity contribution >= 4 is 23.4 Å². The van der Waals surface area contributed by atoms with E-state index in [9.17, 15) is 24.1 Å². The van der Waals surface area contributed by atoms with Gasteiger partial charge in [-0.2, -0.15) is 0 Å². The van der Waals surface area contributed by atoms with Gasteiger partial charge in [0.05, 0.1) is 16.7 Å². The predicted molar refractivity (Wildman–Crippen MR) is 66.9 cm³/mol. The average molecular weight is 285 g/mol. The lowest BCUT2D eigenvalue weighted by Gasteiger charge is -2.13. The summed E-state index contributed by atoms with van der Waals surface area (Å²) >= 11 is 0. The van der Waals surface area contributed by atoms with Crippen LogP contribution in [0.2, 0.25) is 0 Å². The summed E-state index contributed by atoms with van der Waals surface area (Å²) in [5.74, 6) is -2.10. The number of amides is 2. The van der Waals surface area contributed by atoms with Gasteiger partial charge >= 0.3 is 12.0 Å². The quantitative estimate of drug-likeness (QED) is 0.561. The summed E-state index contributed by atoms with van der Waals surface area (Å²) in [6.07, 6.45) is 0.159. The zero-order chi connectivity index (χ0) is 15.3. The maximum absolute atomic E-state index is 13.1. The Bertz CT molecular complexity index is 549. The number of halogens is 1. The fourth-order valence-electron chi connectivity index (χ4n) is 1.42. The summed E-state index contributed by atoms with van der Waals surface area (Å²) in [4.78, 5) is 32.0. The number of rotatable bonds is 5. The van der Waals surface area contributed by atoms with E-state index >= 15 is 0 Å². The molecule has 108 valence electrons. The van der Waals surface area contributed by atoms with Crippen molar-refractivity contribution in [2.75, 3.05) is 5.32 Å². The molecule has 0 unspecified atom stereocenters. The van der Waals surface area contributed by atoms with Crippen molar-refractivity contribution in [3.05, 3.63) is 34.1 Å². The topological polar surface area (TPSA) is 122 Å². The molecule has 8 nitrogen and oxygen atoms in total. The first kappa shape index (κ1) is 15.3. The van der Waals surface area contributed by atoms with Crippen molar-refractivity contribution in [2.24, 2.45) is 0 Å². The predicted octanol–water partition coefficient (Wildman–Crippen LogP) is 1.72. The lowest BCUT2D eigenvalue weighted by Crippen LogP contribution is -2.42. The molecule has 1 rings (SSSR count). The number of non-ortho nitro benzene ring substituents is 1. The number of nitro benzene ring substituents is 1. The van der Waals surface area contributed by atoms with Gasteiger partial charge in [0.25, 0.3) is 5.69 Å². The van der Waals surface area contributed by atoms with E-state index in [4.69, 9.17) is 5.11 Å². The number of anilines is 1. The Kier molecular flexibility index (Phi) is 4.95. The number of benzene rings is 1.